The van der Waals surface area contributed by atoms with Crippen molar-refractivity contribution in [2.45, 2.75) is 6.92 Å². The SMILES string of the molecule is COCCNc1nc(-c2ccc(C)c(Br)c2)no1. The summed E-state index contributed by atoms with van der Waals surface area (Å²) in [6, 6.07) is 6.34. The van der Waals surface area contributed by atoms with Gasteiger partial charge < -0.3 is 14.6 Å². The molecule has 0 aliphatic heterocycles. The number of methoxy groups -OCH3 is 1. The number of aryl methyl sites for hydroxylation is 1. The number of hydrogen-bond acceptors (Lipinski definition) is 5. The Morgan fingerprint density at radius 1 is 1.44 bits per heavy atom. The van der Waals surface area contributed by atoms with Gasteiger partial charge in [0.1, 0.15) is 0 Å². The minimum atomic E-state index is 0.402. The van der Waals surface area contributed by atoms with Crippen LogP contribution in [0.4, 0.5) is 6.01 Å². The molecule has 18 heavy (non-hydrogen) atoms. The zero-order valence-corrected chi connectivity index (χ0v) is 11.8. The molecule has 0 amide bonds. The number of benzene rings is 1. The Balaban J connectivity index is 2.11. The summed E-state index contributed by atoms with van der Waals surface area (Å²) < 4.78 is 11.0. The number of halogens is 1. The quantitative estimate of drug-likeness (QED) is 0.860. The fourth-order valence-corrected chi connectivity index (χ4v) is 1.78. The minimum absolute atomic E-state index is 0.402. The van der Waals surface area contributed by atoms with Crippen LogP contribution in [0.3, 0.4) is 0 Å². The van der Waals surface area contributed by atoms with Gasteiger partial charge in [0.2, 0.25) is 5.82 Å². The number of hydrogen-bond donors (Lipinski definition) is 1. The molecule has 0 spiro atoms. The van der Waals surface area contributed by atoms with Crippen molar-refractivity contribution in [1.82, 2.24) is 10.1 Å². The number of aromatic nitrogens is 2. The molecule has 6 heteroatoms. The first-order chi connectivity index (χ1) is 8.70. The van der Waals surface area contributed by atoms with E-state index in [1.165, 1.54) is 5.56 Å². The van der Waals surface area contributed by atoms with Crippen LogP contribution in [0.15, 0.2) is 27.2 Å². The molecule has 0 saturated heterocycles. The molecule has 2 rings (SSSR count). The summed E-state index contributed by atoms with van der Waals surface area (Å²) in [5, 5.41) is 6.91. The van der Waals surface area contributed by atoms with Crippen LogP contribution in [0.25, 0.3) is 11.4 Å². The van der Waals surface area contributed by atoms with Crippen molar-refractivity contribution in [2.24, 2.45) is 0 Å². The molecule has 0 radical (unpaired) electrons. The molecule has 1 heterocycles. The summed E-state index contributed by atoms with van der Waals surface area (Å²) in [6.45, 7) is 3.26. The largest absolute Gasteiger partial charge is 0.383 e. The normalized spacial score (nSPS) is 10.6. The van der Waals surface area contributed by atoms with Gasteiger partial charge in [-0.2, -0.15) is 4.98 Å². The molecule has 1 aromatic carbocycles. The highest BCUT2D eigenvalue weighted by atomic mass is 79.9. The molecule has 0 bridgehead atoms. The molecule has 0 unspecified atom stereocenters. The molecule has 96 valence electrons. The fraction of sp³-hybridized carbons (Fsp3) is 0.333. The molecule has 2 aromatic rings. The van der Waals surface area contributed by atoms with Crippen LogP contribution in [-0.4, -0.2) is 30.4 Å². The molecule has 0 atom stereocenters. The summed E-state index contributed by atoms with van der Waals surface area (Å²) in [5.41, 5.74) is 2.08. The van der Waals surface area contributed by atoms with Crippen molar-refractivity contribution in [3.8, 4) is 11.4 Å². The van der Waals surface area contributed by atoms with E-state index in [2.05, 4.69) is 31.4 Å². The predicted octanol–water partition coefficient (Wildman–Crippen LogP) is 2.87. The fourth-order valence-electron chi connectivity index (χ4n) is 1.40. The lowest BCUT2D eigenvalue weighted by molar-refractivity contribution is 0.210. The standard InChI is InChI=1S/C12H14BrN3O2/c1-8-3-4-9(7-10(8)13)11-15-12(18-16-11)14-5-6-17-2/h3-4,7H,5-6H2,1-2H3,(H,14,15,16). The molecule has 0 aliphatic carbocycles. The monoisotopic (exact) mass is 311 g/mol. The van der Waals surface area contributed by atoms with Gasteiger partial charge in [-0.05, 0) is 18.6 Å². The first-order valence-corrected chi connectivity index (χ1v) is 6.33. The topological polar surface area (TPSA) is 60.2 Å². The predicted molar refractivity (Wildman–Crippen MR) is 72.5 cm³/mol. The number of nitrogens with one attached hydrogen (secondary N) is 1. The van der Waals surface area contributed by atoms with E-state index >= 15 is 0 Å². The van der Waals surface area contributed by atoms with Crippen LogP contribution in [0.2, 0.25) is 0 Å². The highest BCUT2D eigenvalue weighted by Gasteiger charge is 2.08. The van der Waals surface area contributed by atoms with Crippen LogP contribution in [0.1, 0.15) is 5.56 Å². The van der Waals surface area contributed by atoms with E-state index in [4.69, 9.17) is 9.26 Å². The maximum Gasteiger partial charge on any atom is 0.321 e. The van der Waals surface area contributed by atoms with E-state index < -0.39 is 0 Å². The van der Waals surface area contributed by atoms with Crippen LogP contribution < -0.4 is 5.32 Å². The zero-order chi connectivity index (χ0) is 13.0. The minimum Gasteiger partial charge on any atom is -0.383 e. The molecule has 0 aliphatic rings. The molecule has 0 saturated carbocycles. The smallest absolute Gasteiger partial charge is 0.321 e. The van der Waals surface area contributed by atoms with E-state index in [0.717, 1.165) is 10.0 Å². The Morgan fingerprint density at radius 3 is 3.00 bits per heavy atom. The third-order valence-corrected chi connectivity index (χ3v) is 3.29. The first-order valence-electron chi connectivity index (χ1n) is 5.54. The Hall–Kier alpha value is -1.40. The van der Waals surface area contributed by atoms with E-state index in [1.54, 1.807) is 7.11 Å². The van der Waals surface area contributed by atoms with E-state index in [0.29, 0.717) is 25.0 Å². The van der Waals surface area contributed by atoms with Gasteiger partial charge in [-0.25, -0.2) is 0 Å². The van der Waals surface area contributed by atoms with Gasteiger partial charge in [0.25, 0.3) is 0 Å². The summed E-state index contributed by atoms with van der Waals surface area (Å²) >= 11 is 3.48. The number of anilines is 1. The molecule has 0 fully saturated rings. The van der Waals surface area contributed by atoms with Crippen molar-refractivity contribution in [3.63, 3.8) is 0 Å². The van der Waals surface area contributed by atoms with Crippen molar-refractivity contribution in [1.29, 1.82) is 0 Å². The zero-order valence-electron chi connectivity index (χ0n) is 10.2. The number of ether oxygens (including phenoxy) is 1. The molecule has 5 nitrogen and oxygen atoms in total. The Kier molecular flexibility index (Phi) is 4.33. The molecular formula is C12H14BrN3O2. The summed E-state index contributed by atoms with van der Waals surface area (Å²) in [5.74, 6) is 0.565. The molecule has 1 N–H and O–H groups in total. The van der Waals surface area contributed by atoms with Gasteiger partial charge >= 0.3 is 6.01 Å². The lowest BCUT2D eigenvalue weighted by Gasteiger charge is -1.99. The van der Waals surface area contributed by atoms with Crippen molar-refractivity contribution >= 4 is 21.9 Å². The number of rotatable bonds is 5. The maximum atomic E-state index is 5.09. The average molecular weight is 312 g/mol. The Bertz CT molecular complexity index is 528. The van der Waals surface area contributed by atoms with Crippen LogP contribution in [0.5, 0.6) is 0 Å². The van der Waals surface area contributed by atoms with Gasteiger partial charge in [0, 0.05) is 23.7 Å². The van der Waals surface area contributed by atoms with Gasteiger partial charge in [0.05, 0.1) is 6.61 Å². The van der Waals surface area contributed by atoms with Gasteiger partial charge in [-0.1, -0.05) is 33.2 Å². The van der Waals surface area contributed by atoms with Crippen LogP contribution in [0, 0.1) is 6.92 Å². The maximum absolute atomic E-state index is 5.09. The second-order valence-electron chi connectivity index (χ2n) is 3.81. The number of nitrogens with zero attached hydrogens (tertiary/aromatic N) is 2. The summed E-state index contributed by atoms with van der Waals surface area (Å²) in [4.78, 5) is 4.26. The van der Waals surface area contributed by atoms with Gasteiger partial charge in [-0.3, -0.25) is 0 Å². The van der Waals surface area contributed by atoms with Crippen molar-refractivity contribution < 1.29 is 9.26 Å². The third-order valence-electron chi connectivity index (χ3n) is 2.44. The first kappa shape index (κ1) is 13.0. The van der Waals surface area contributed by atoms with Gasteiger partial charge in [0.15, 0.2) is 0 Å². The van der Waals surface area contributed by atoms with E-state index in [-0.39, 0.29) is 0 Å². The molecular weight excluding hydrogens is 298 g/mol. The van der Waals surface area contributed by atoms with Crippen molar-refractivity contribution in [2.75, 3.05) is 25.6 Å². The average Bonchev–Trinajstić information content (AvgIpc) is 2.82. The Labute approximate surface area is 114 Å². The third kappa shape index (κ3) is 3.08. The highest BCUT2D eigenvalue weighted by molar-refractivity contribution is 9.10. The second-order valence-corrected chi connectivity index (χ2v) is 4.66. The van der Waals surface area contributed by atoms with Gasteiger partial charge in [-0.15, -0.1) is 0 Å². The van der Waals surface area contributed by atoms with E-state index in [9.17, 15) is 0 Å². The Morgan fingerprint density at radius 2 is 2.28 bits per heavy atom. The summed E-state index contributed by atoms with van der Waals surface area (Å²) in [6.07, 6.45) is 0. The molecule has 1 aromatic heterocycles. The van der Waals surface area contributed by atoms with Crippen LogP contribution >= 0.6 is 15.9 Å². The second kappa shape index (κ2) is 5.97. The highest BCUT2D eigenvalue weighted by Crippen LogP contribution is 2.24. The lowest BCUT2D eigenvalue weighted by Crippen LogP contribution is -2.07. The lowest BCUT2D eigenvalue weighted by atomic mass is 10.1. The van der Waals surface area contributed by atoms with Crippen molar-refractivity contribution in [3.05, 3.63) is 28.2 Å². The van der Waals surface area contributed by atoms with Crippen LogP contribution in [-0.2, 0) is 4.74 Å². The summed E-state index contributed by atoms with van der Waals surface area (Å²) in [7, 11) is 1.64. The van der Waals surface area contributed by atoms with E-state index in [1.807, 2.05) is 25.1 Å².